The molecule has 0 spiro atoms. The van der Waals surface area contributed by atoms with Gasteiger partial charge in [0.05, 0.1) is 0 Å². The highest BCUT2D eigenvalue weighted by molar-refractivity contribution is 4.82. The van der Waals surface area contributed by atoms with Crippen molar-refractivity contribution in [1.82, 2.24) is 14.8 Å². The normalized spacial score (nSPS) is 11.0. The van der Waals surface area contributed by atoms with Crippen LogP contribution in [0.15, 0.2) is 6.33 Å². The Labute approximate surface area is 72.6 Å². The van der Waals surface area contributed by atoms with E-state index in [4.69, 9.17) is 4.74 Å². The molecule has 0 bridgehead atoms. The van der Waals surface area contributed by atoms with Crippen LogP contribution in [0.3, 0.4) is 0 Å². The molecule has 0 unspecified atom stereocenters. The minimum atomic E-state index is 0.534. The molecular formula is C8H15N3O. The van der Waals surface area contributed by atoms with Crippen molar-refractivity contribution in [3.05, 3.63) is 12.2 Å². The molecule has 0 saturated carbocycles. The van der Waals surface area contributed by atoms with Gasteiger partial charge in [-0.3, -0.25) is 0 Å². The topological polar surface area (TPSA) is 39.9 Å². The Morgan fingerprint density at radius 3 is 2.92 bits per heavy atom. The molecule has 4 heteroatoms. The minimum Gasteiger partial charge on any atom is -0.377 e. The Balaban J connectivity index is 2.63. The van der Waals surface area contributed by atoms with Crippen molar-refractivity contribution in [2.24, 2.45) is 5.92 Å². The maximum atomic E-state index is 4.99. The molecule has 0 aliphatic carbocycles. The van der Waals surface area contributed by atoms with Crippen molar-refractivity contribution < 1.29 is 4.74 Å². The molecule has 1 aromatic heterocycles. The van der Waals surface area contributed by atoms with Gasteiger partial charge >= 0.3 is 0 Å². The minimum absolute atomic E-state index is 0.534. The lowest BCUT2D eigenvalue weighted by Crippen LogP contribution is -2.08. The van der Waals surface area contributed by atoms with E-state index in [-0.39, 0.29) is 0 Å². The summed E-state index contributed by atoms with van der Waals surface area (Å²) in [7, 11) is 1.66. The summed E-state index contributed by atoms with van der Waals surface area (Å²) in [5.41, 5.74) is 0. The summed E-state index contributed by atoms with van der Waals surface area (Å²) in [6, 6.07) is 0. The third-order valence-corrected chi connectivity index (χ3v) is 1.53. The summed E-state index contributed by atoms with van der Waals surface area (Å²) in [6.07, 6.45) is 1.74. The molecular weight excluding hydrogens is 154 g/mol. The van der Waals surface area contributed by atoms with Crippen LogP contribution in [0.4, 0.5) is 0 Å². The summed E-state index contributed by atoms with van der Waals surface area (Å²) >= 11 is 0. The second-order valence-corrected chi connectivity index (χ2v) is 3.23. The van der Waals surface area contributed by atoms with Crippen molar-refractivity contribution in [3.8, 4) is 0 Å². The molecule has 0 radical (unpaired) electrons. The van der Waals surface area contributed by atoms with Crippen molar-refractivity contribution in [2.45, 2.75) is 27.0 Å². The van der Waals surface area contributed by atoms with E-state index < -0.39 is 0 Å². The highest BCUT2D eigenvalue weighted by atomic mass is 16.5. The standard InChI is InChI=1S/C8H15N3O/c1-7(2)4-11-6-9-10-8(11)5-12-3/h6-7H,4-5H2,1-3H3. The first-order chi connectivity index (χ1) is 5.74. The average Bonchev–Trinajstić information content (AvgIpc) is 2.37. The van der Waals surface area contributed by atoms with Gasteiger partial charge < -0.3 is 9.30 Å². The van der Waals surface area contributed by atoms with E-state index >= 15 is 0 Å². The molecule has 12 heavy (non-hydrogen) atoms. The smallest absolute Gasteiger partial charge is 0.158 e. The van der Waals surface area contributed by atoms with Crippen LogP contribution in [-0.2, 0) is 17.9 Å². The van der Waals surface area contributed by atoms with Crippen LogP contribution < -0.4 is 0 Å². The van der Waals surface area contributed by atoms with E-state index in [0.717, 1.165) is 12.4 Å². The number of aromatic nitrogens is 3. The zero-order valence-corrected chi connectivity index (χ0v) is 7.82. The summed E-state index contributed by atoms with van der Waals surface area (Å²) in [4.78, 5) is 0. The van der Waals surface area contributed by atoms with Crippen molar-refractivity contribution in [3.63, 3.8) is 0 Å². The SMILES string of the molecule is COCc1nncn1CC(C)C. The third kappa shape index (κ3) is 2.30. The van der Waals surface area contributed by atoms with Crippen LogP contribution >= 0.6 is 0 Å². The summed E-state index contributed by atoms with van der Waals surface area (Å²) in [5, 5.41) is 7.77. The molecule has 1 aromatic rings. The zero-order chi connectivity index (χ0) is 8.97. The fourth-order valence-electron chi connectivity index (χ4n) is 1.07. The maximum Gasteiger partial charge on any atom is 0.158 e. The number of ether oxygens (including phenoxy) is 1. The molecule has 0 amide bonds. The Kier molecular flexibility index (Phi) is 3.22. The van der Waals surface area contributed by atoms with Gasteiger partial charge in [-0.2, -0.15) is 0 Å². The van der Waals surface area contributed by atoms with Gasteiger partial charge in [-0.05, 0) is 5.92 Å². The quantitative estimate of drug-likeness (QED) is 0.677. The summed E-state index contributed by atoms with van der Waals surface area (Å²) in [5.74, 6) is 1.50. The Hall–Kier alpha value is -0.900. The molecule has 0 aromatic carbocycles. The van der Waals surface area contributed by atoms with Crippen molar-refractivity contribution in [2.75, 3.05) is 7.11 Å². The van der Waals surface area contributed by atoms with E-state index in [9.17, 15) is 0 Å². The molecule has 4 nitrogen and oxygen atoms in total. The van der Waals surface area contributed by atoms with Gasteiger partial charge in [0.25, 0.3) is 0 Å². The highest BCUT2D eigenvalue weighted by Crippen LogP contribution is 2.02. The molecule has 0 saturated heterocycles. The van der Waals surface area contributed by atoms with Gasteiger partial charge in [-0.1, -0.05) is 13.8 Å². The fraction of sp³-hybridized carbons (Fsp3) is 0.750. The van der Waals surface area contributed by atoms with Crippen LogP contribution in [0, 0.1) is 5.92 Å². The first-order valence-corrected chi connectivity index (χ1v) is 4.09. The average molecular weight is 169 g/mol. The van der Waals surface area contributed by atoms with Gasteiger partial charge in [0.1, 0.15) is 12.9 Å². The Morgan fingerprint density at radius 2 is 2.33 bits per heavy atom. The summed E-state index contributed by atoms with van der Waals surface area (Å²) < 4.78 is 7.01. The first kappa shape index (κ1) is 9.19. The maximum absolute atomic E-state index is 4.99. The van der Waals surface area contributed by atoms with Crippen LogP contribution in [0.5, 0.6) is 0 Å². The zero-order valence-electron chi connectivity index (χ0n) is 7.82. The molecule has 68 valence electrons. The lowest BCUT2D eigenvalue weighted by atomic mass is 10.2. The van der Waals surface area contributed by atoms with Crippen molar-refractivity contribution in [1.29, 1.82) is 0 Å². The van der Waals surface area contributed by atoms with Gasteiger partial charge in [-0.25, -0.2) is 0 Å². The van der Waals surface area contributed by atoms with Gasteiger partial charge in [-0.15, -0.1) is 10.2 Å². The van der Waals surface area contributed by atoms with E-state index in [1.54, 1.807) is 13.4 Å². The van der Waals surface area contributed by atoms with Crippen LogP contribution in [0.1, 0.15) is 19.7 Å². The van der Waals surface area contributed by atoms with Gasteiger partial charge in [0.2, 0.25) is 0 Å². The van der Waals surface area contributed by atoms with E-state index in [2.05, 4.69) is 24.0 Å². The number of nitrogens with zero attached hydrogens (tertiary/aromatic N) is 3. The lowest BCUT2D eigenvalue weighted by molar-refractivity contribution is 0.173. The third-order valence-electron chi connectivity index (χ3n) is 1.53. The van der Waals surface area contributed by atoms with Gasteiger partial charge in [0.15, 0.2) is 5.82 Å². The van der Waals surface area contributed by atoms with E-state index in [0.29, 0.717) is 12.5 Å². The number of hydrogen-bond donors (Lipinski definition) is 0. The Bertz CT molecular complexity index is 232. The summed E-state index contributed by atoms with van der Waals surface area (Å²) in [6.45, 7) is 5.81. The first-order valence-electron chi connectivity index (χ1n) is 4.09. The van der Waals surface area contributed by atoms with Gasteiger partial charge in [0, 0.05) is 13.7 Å². The number of methoxy groups -OCH3 is 1. The van der Waals surface area contributed by atoms with E-state index in [1.165, 1.54) is 0 Å². The van der Waals surface area contributed by atoms with E-state index in [1.807, 2.05) is 4.57 Å². The predicted molar refractivity (Wildman–Crippen MR) is 45.6 cm³/mol. The second-order valence-electron chi connectivity index (χ2n) is 3.23. The lowest BCUT2D eigenvalue weighted by Gasteiger charge is -2.07. The van der Waals surface area contributed by atoms with Crippen molar-refractivity contribution >= 4 is 0 Å². The fourth-order valence-corrected chi connectivity index (χ4v) is 1.07. The molecule has 0 aliphatic rings. The van der Waals surface area contributed by atoms with Crippen LogP contribution in [0.25, 0.3) is 0 Å². The second kappa shape index (κ2) is 4.21. The number of rotatable bonds is 4. The Morgan fingerprint density at radius 1 is 1.58 bits per heavy atom. The molecule has 0 fully saturated rings. The largest absolute Gasteiger partial charge is 0.377 e. The predicted octanol–water partition coefficient (Wildman–Crippen LogP) is 1.08. The molecule has 1 heterocycles. The molecule has 0 atom stereocenters. The number of hydrogen-bond acceptors (Lipinski definition) is 3. The van der Waals surface area contributed by atoms with Crippen LogP contribution in [-0.4, -0.2) is 21.9 Å². The molecule has 0 N–H and O–H groups in total. The molecule has 0 aliphatic heterocycles. The van der Waals surface area contributed by atoms with Crippen LogP contribution in [0.2, 0.25) is 0 Å². The highest BCUT2D eigenvalue weighted by Gasteiger charge is 2.04. The monoisotopic (exact) mass is 169 g/mol. The molecule has 1 rings (SSSR count).